The first kappa shape index (κ1) is 22.4. The lowest BCUT2D eigenvalue weighted by atomic mass is 10.1. The zero-order chi connectivity index (χ0) is 21.6. The van der Waals surface area contributed by atoms with Crippen molar-refractivity contribution in [3.05, 3.63) is 59.4 Å². The van der Waals surface area contributed by atoms with Crippen LogP contribution >= 0.6 is 0 Å². The van der Waals surface area contributed by atoms with Crippen LogP contribution in [0.25, 0.3) is 0 Å². The number of anilines is 2. The second kappa shape index (κ2) is 10.0. The summed E-state index contributed by atoms with van der Waals surface area (Å²) in [6.07, 6.45) is 1.18. The van der Waals surface area contributed by atoms with E-state index in [2.05, 4.69) is 5.32 Å². The van der Waals surface area contributed by atoms with E-state index in [1.807, 2.05) is 51.0 Å². The van der Waals surface area contributed by atoms with Crippen LogP contribution in [0.4, 0.5) is 15.8 Å². The average molecular weight is 400 g/mol. The van der Waals surface area contributed by atoms with Gasteiger partial charge in [-0.05, 0) is 61.4 Å². The van der Waals surface area contributed by atoms with Crippen molar-refractivity contribution in [2.75, 3.05) is 24.3 Å². The highest BCUT2D eigenvalue weighted by molar-refractivity contribution is 5.94. The minimum Gasteiger partial charge on any atom is -0.377 e. The van der Waals surface area contributed by atoms with E-state index in [1.54, 1.807) is 11.8 Å². The highest BCUT2D eigenvalue weighted by Gasteiger charge is 2.22. The monoisotopic (exact) mass is 399 g/mol. The van der Waals surface area contributed by atoms with Crippen molar-refractivity contribution >= 4 is 23.2 Å². The maximum atomic E-state index is 13.3. The number of carbonyl (C=O) groups excluding carboxylic acids is 2. The van der Waals surface area contributed by atoms with Gasteiger partial charge >= 0.3 is 0 Å². The van der Waals surface area contributed by atoms with E-state index in [1.165, 1.54) is 24.3 Å². The number of amides is 2. The SMILES string of the molecule is CCC(=O)Nc1ccc(N(C)C)c(CN(C(=O)c2ccc(F)cc2)[C@H](C)CC)c1. The fraction of sp³-hybridized carbons (Fsp3) is 0.391. The van der Waals surface area contributed by atoms with Gasteiger partial charge in [-0.15, -0.1) is 0 Å². The molecule has 0 heterocycles. The smallest absolute Gasteiger partial charge is 0.254 e. The second-order valence-electron chi connectivity index (χ2n) is 7.34. The molecule has 0 aliphatic heterocycles. The number of benzene rings is 2. The molecule has 0 aromatic heterocycles. The quantitative estimate of drug-likeness (QED) is 0.701. The molecule has 6 heteroatoms. The molecular weight excluding hydrogens is 369 g/mol. The number of carbonyl (C=O) groups is 2. The van der Waals surface area contributed by atoms with Crippen molar-refractivity contribution in [2.24, 2.45) is 0 Å². The molecule has 156 valence electrons. The van der Waals surface area contributed by atoms with Crippen LogP contribution in [-0.4, -0.2) is 36.9 Å². The summed E-state index contributed by atoms with van der Waals surface area (Å²) in [5, 5.41) is 2.88. The molecule has 1 N–H and O–H groups in total. The molecule has 0 spiro atoms. The van der Waals surface area contributed by atoms with Crippen LogP contribution in [0, 0.1) is 5.82 Å². The molecule has 0 fully saturated rings. The molecule has 0 saturated heterocycles. The highest BCUT2D eigenvalue weighted by Crippen LogP contribution is 2.26. The molecule has 2 aromatic rings. The molecule has 0 unspecified atom stereocenters. The Labute approximate surface area is 172 Å². The summed E-state index contributed by atoms with van der Waals surface area (Å²) in [5.41, 5.74) is 3.06. The summed E-state index contributed by atoms with van der Waals surface area (Å²) in [5.74, 6) is -0.576. The summed E-state index contributed by atoms with van der Waals surface area (Å²) in [6.45, 7) is 6.21. The number of halogens is 1. The largest absolute Gasteiger partial charge is 0.377 e. The van der Waals surface area contributed by atoms with Crippen LogP contribution in [0.15, 0.2) is 42.5 Å². The summed E-state index contributed by atoms with van der Waals surface area (Å²) in [7, 11) is 3.89. The van der Waals surface area contributed by atoms with Gasteiger partial charge in [-0.25, -0.2) is 4.39 Å². The third-order valence-electron chi connectivity index (χ3n) is 4.98. The number of hydrogen-bond donors (Lipinski definition) is 1. The highest BCUT2D eigenvalue weighted by atomic mass is 19.1. The number of nitrogens with one attached hydrogen (secondary N) is 1. The van der Waals surface area contributed by atoms with E-state index >= 15 is 0 Å². The maximum Gasteiger partial charge on any atom is 0.254 e. The van der Waals surface area contributed by atoms with Gasteiger partial charge in [-0.3, -0.25) is 9.59 Å². The minimum atomic E-state index is -0.370. The van der Waals surface area contributed by atoms with Gasteiger partial charge in [-0.2, -0.15) is 0 Å². The summed E-state index contributed by atoms with van der Waals surface area (Å²) < 4.78 is 13.3. The maximum absolute atomic E-state index is 13.3. The van der Waals surface area contributed by atoms with E-state index < -0.39 is 0 Å². The summed E-state index contributed by atoms with van der Waals surface area (Å²) >= 11 is 0. The summed E-state index contributed by atoms with van der Waals surface area (Å²) in [4.78, 5) is 28.7. The Morgan fingerprint density at radius 1 is 1.07 bits per heavy atom. The number of hydrogen-bond acceptors (Lipinski definition) is 3. The molecule has 0 saturated carbocycles. The molecule has 0 aliphatic rings. The minimum absolute atomic E-state index is 0.00328. The molecule has 2 amide bonds. The van der Waals surface area contributed by atoms with Gasteiger partial charge in [-0.1, -0.05) is 13.8 Å². The van der Waals surface area contributed by atoms with Crippen LogP contribution in [0.3, 0.4) is 0 Å². The van der Waals surface area contributed by atoms with Crippen LogP contribution in [0.2, 0.25) is 0 Å². The second-order valence-corrected chi connectivity index (χ2v) is 7.34. The first-order valence-corrected chi connectivity index (χ1v) is 9.93. The van der Waals surface area contributed by atoms with Gasteiger partial charge in [0, 0.05) is 50.0 Å². The third-order valence-corrected chi connectivity index (χ3v) is 4.98. The zero-order valence-corrected chi connectivity index (χ0v) is 17.8. The predicted octanol–water partition coefficient (Wildman–Crippen LogP) is 4.68. The number of rotatable bonds is 8. The molecule has 5 nitrogen and oxygen atoms in total. The lowest BCUT2D eigenvalue weighted by molar-refractivity contribution is -0.115. The lowest BCUT2D eigenvalue weighted by Gasteiger charge is -2.31. The summed E-state index contributed by atoms with van der Waals surface area (Å²) in [6, 6.07) is 11.3. The van der Waals surface area contributed by atoms with Crippen LogP contribution in [0.1, 0.15) is 49.5 Å². The Morgan fingerprint density at radius 2 is 1.72 bits per heavy atom. The van der Waals surface area contributed by atoms with E-state index in [-0.39, 0.29) is 23.7 Å². The predicted molar refractivity (Wildman–Crippen MR) is 116 cm³/mol. The lowest BCUT2D eigenvalue weighted by Crippen LogP contribution is -2.38. The van der Waals surface area contributed by atoms with E-state index in [9.17, 15) is 14.0 Å². The van der Waals surface area contributed by atoms with Crippen molar-refractivity contribution in [1.29, 1.82) is 0 Å². The first-order valence-electron chi connectivity index (χ1n) is 9.93. The Morgan fingerprint density at radius 3 is 2.28 bits per heavy atom. The standard InChI is InChI=1S/C23H30FN3O2/c1-6-16(3)27(23(29)17-8-10-19(24)11-9-17)15-18-14-20(25-22(28)7-2)12-13-21(18)26(4)5/h8-14,16H,6-7,15H2,1-5H3,(H,25,28)/t16-/m1/s1. The van der Waals surface area contributed by atoms with Crippen molar-refractivity contribution in [1.82, 2.24) is 4.90 Å². The van der Waals surface area contributed by atoms with Gasteiger partial charge in [0.25, 0.3) is 5.91 Å². The van der Waals surface area contributed by atoms with Crippen molar-refractivity contribution in [2.45, 2.75) is 46.2 Å². The van der Waals surface area contributed by atoms with Gasteiger partial charge in [0.1, 0.15) is 5.82 Å². The third kappa shape index (κ3) is 5.79. The van der Waals surface area contributed by atoms with Crippen molar-refractivity contribution in [3.63, 3.8) is 0 Å². The molecule has 2 rings (SSSR count). The Hall–Kier alpha value is -2.89. The van der Waals surface area contributed by atoms with E-state index in [0.717, 1.165) is 17.7 Å². The van der Waals surface area contributed by atoms with Gasteiger partial charge in [0.05, 0.1) is 0 Å². The Kier molecular flexibility index (Phi) is 7.76. The fourth-order valence-corrected chi connectivity index (χ4v) is 3.07. The first-order chi connectivity index (χ1) is 13.8. The fourth-order valence-electron chi connectivity index (χ4n) is 3.07. The zero-order valence-electron chi connectivity index (χ0n) is 17.8. The van der Waals surface area contributed by atoms with Gasteiger partial charge in [0.2, 0.25) is 5.91 Å². The Balaban J connectivity index is 2.40. The van der Waals surface area contributed by atoms with E-state index in [4.69, 9.17) is 0 Å². The van der Waals surface area contributed by atoms with Crippen molar-refractivity contribution in [3.8, 4) is 0 Å². The molecule has 1 atom stereocenters. The average Bonchev–Trinajstić information content (AvgIpc) is 2.71. The van der Waals surface area contributed by atoms with Crippen LogP contribution < -0.4 is 10.2 Å². The van der Waals surface area contributed by atoms with Crippen LogP contribution in [-0.2, 0) is 11.3 Å². The topological polar surface area (TPSA) is 52.7 Å². The van der Waals surface area contributed by atoms with E-state index in [0.29, 0.717) is 24.2 Å². The van der Waals surface area contributed by atoms with Gasteiger partial charge < -0.3 is 15.1 Å². The number of nitrogens with zero attached hydrogens (tertiary/aromatic N) is 2. The molecule has 29 heavy (non-hydrogen) atoms. The molecule has 0 aliphatic carbocycles. The molecule has 2 aromatic carbocycles. The molecule has 0 bridgehead atoms. The molecule has 0 radical (unpaired) electrons. The van der Waals surface area contributed by atoms with Gasteiger partial charge in [0.15, 0.2) is 0 Å². The van der Waals surface area contributed by atoms with Crippen molar-refractivity contribution < 1.29 is 14.0 Å². The molecular formula is C23H30FN3O2. The Bertz CT molecular complexity index is 850. The normalized spacial score (nSPS) is 11.7. The van der Waals surface area contributed by atoms with Crippen LogP contribution in [0.5, 0.6) is 0 Å².